The molecule has 1 amide bonds. The lowest BCUT2D eigenvalue weighted by atomic mass is 10.1. The highest BCUT2D eigenvalue weighted by molar-refractivity contribution is 5.91. The lowest BCUT2D eigenvalue weighted by Crippen LogP contribution is -2.37. The van der Waals surface area contributed by atoms with Gasteiger partial charge in [0.2, 0.25) is 5.91 Å². The number of hydrogen-bond acceptors (Lipinski definition) is 5. The van der Waals surface area contributed by atoms with Crippen LogP contribution < -0.4 is 11.1 Å². The van der Waals surface area contributed by atoms with Crippen LogP contribution in [0.2, 0.25) is 0 Å². The molecule has 1 rings (SSSR count). The average Bonchev–Trinajstić information content (AvgIpc) is 2.78. The van der Waals surface area contributed by atoms with E-state index in [1.807, 2.05) is 0 Å². The molecule has 1 heterocycles. The molecule has 1 aromatic rings. The van der Waals surface area contributed by atoms with Gasteiger partial charge in [-0.25, -0.2) is 4.79 Å². The first kappa shape index (κ1) is 17.4. The molecule has 108 valence electrons. The number of nitrogens with one attached hydrogen (secondary N) is 1. The molecule has 0 saturated heterocycles. The normalized spacial score (nSPS) is 10.5. The monoisotopic (exact) mass is 290 g/mol. The van der Waals surface area contributed by atoms with E-state index in [2.05, 4.69) is 10.4 Å². The maximum Gasteiger partial charge on any atom is 0.333 e. The standard InChI is InChI=1S/C11H18N4O3.ClH/c1-4-18-10(17)11(2,3)15-7-8(6-13-15)14-9(16)5-12;/h6-7H,4-5,12H2,1-3H3,(H,14,16);1H. The van der Waals surface area contributed by atoms with E-state index < -0.39 is 5.54 Å². The van der Waals surface area contributed by atoms with Crippen LogP contribution in [0.1, 0.15) is 20.8 Å². The van der Waals surface area contributed by atoms with E-state index in [0.717, 1.165) is 0 Å². The molecular weight excluding hydrogens is 272 g/mol. The molecule has 0 aromatic carbocycles. The highest BCUT2D eigenvalue weighted by atomic mass is 35.5. The Morgan fingerprint density at radius 3 is 2.68 bits per heavy atom. The van der Waals surface area contributed by atoms with Gasteiger partial charge in [0.05, 0.1) is 25.0 Å². The third-order valence-electron chi connectivity index (χ3n) is 2.40. The average molecular weight is 291 g/mol. The van der Waals surface area contributed by atoms with Crippen LogP contribution in [0, 0.1) is 0 Å². The van der Waals surface area contributed by atoms with Crippen LogP contribution >= 0.6 is 12.4 Å². The summed E-state index contributed by atoms with van der Waals surface area (Å²) in [5, 5.41) is 6.59. The van der Waals surface area contributed by atoms with Crippen molar-refractivity contribution in [3.8, 4) is 0 Å². The van der Waals surface area contributed by atoms with Gasteiger partial charge in [0.1, 0.15) is 0 Å². The Balaban J connectivity index is 0.00000324. The minimum absolute atomic E-state index is 0. The van der Waals surface area contributed by atoms with Crippen LogP contribution in [0.3, 0.4) is 0 Å². The van der Waals surface area contributed by atoms with Crippen molar-refractivity contribution < 1.29 is 14.3 Å². The molecule has 0 radical (unpaired) electrons. The summed E-state index contributed by atoms with van der Waals surface area (Å²) in [4.78, 5) is 22.9. The van der Waals surface area contributed by atoms with E-state index in [1.165, 1.54) is 10.9 Å². The van der Waals surface area contributed by atoms with E-state index >= 15 is 0 Å². The lowest BCUT2D eigenvalue weighted by Gasteiger charge is -2.22. The number of anilines is 1. The third-order valence-corrected chi connectivity index (χ3v) is 2.40. The Morgan fingerprint density at radius 1 is 1.53 bits per heavy atom. The van der Waals surface area contributed by atoms with Crippen molar-refractivity contribution in [2.24, 2.45) is 5.73 Å². The van der Waals surface area contributed by atoms with Gasteiger partial charge in [0.25, 0.3) is 0 Å². The number of carbonyl (C=O) groups is 2. The fourth-order valence-electron chi connectivity index (χ4n) is 1.31. The summed E-state index contributed by atoms with van der Waals surface area (Å²) in [7, 11) is 0. The second kappa shape index (κ2) is 7.10. The van der Waals surface area contributed by atoms with E-state index in [9.17, 15) is 9.59 Å². The van der Waals surface area contributed by atoms with Crippen molar-refractivity contribution in [3.63, 3.8) is 0 Å². The first-order valence-electron chi connectivity index (χ1n) is 5.64. The summed E-state index contributed by atoms with van der Waals surface area (Å²) in [5.74, 6) is -0.701. The van der Waals surface area contributed by atoms with Gasteiger partial charge in [0.15, 0.2) is 5.54 Å². The number of amides is 1. The Kier molecular flexibility index (Phi) is 6.51. The molecule has 1 aromatic heterocycles. The minimum Gasteiger partial charge on any atom is -0.464 e. The summed E-state index contributed by atoms with van der Waals surface area (Å²) >= 11 is 0. The van der Waals surface area contributed by atoms with Crippen LogP contribution in [-0.2, 0) is 19.9 Å². The van der Waals surface area contributed by atoms with Crippen molar-refractivity contribution in [2.45, 2.75) is 26.3 Å². The quantitative estimate of drug-likeness (QED) is 0.769. The molecule has 0 bridgehead atoms. The molecule has 0 aliphatic rings. The highest BCUT2D eigenvalue weighted by Gasteiger charge is 2.32. The zero-order valence-corrected chi connectivity index (χ0v) is 12.0. The summed E-state index contributed by atoms with van der Waals surface area (Å²) < 4.78 is 6.41. The van der Waals surface area contributed by atoms with Crippen molar-refractivity contribution >= 4 is 30.0 Å². The summed E-state index contributed by atoms with van der Waals surface area (Å²) in [6.07, 6.45) is 3.01. The van der Waals surface area contributed by atoms with Crippen molar-refractivity contribution in [1.82, 2.24) is 9.78 Å². The first-order valence-corrected chi connectivity index (χ1v) is 5.64. The zero-order chi connectivity index (χ0) is 13.8. The fourth-order valence-corrected chi connectivity index (χ4v) is 1.31. The summed E-state index contributed by atoms with van der Waals surface area (Å²) in [5.41, 5.74) is 4.75. The predicted molar refractivity (Wildman–Crippen MR) is 73.1 cm³/mol. The number of nitrogens with zero attached hydrogens (tertiary/aromatic N) is 2. The number of aromatic nitrogens is 2. The van der Waals surface area contributed by atoms with Gasteiger partial charge in [0, 0.05) is 6.20 Å². The minimum atomic E-state index is -0.929. The molecule has 19 heavy (non-hydrogen) atoms. The number of carbonyl (C=O) groups excluding carboxylic acids is 2. The molecule has 0 fully saturated rings. The van der Waals surface area contributed by atoms with Crippen LogP contribution in [0.5, 0.6) is 0 Å². The van der Waals surface area contributed by atoms with Gasteiger partial charge >= 0.3 is 5.97 Å². The van der Waals surface area contributed by atoms with E-state index in [0.29, 0.717) is 12.3 Å². The second-order valence-corrected chi connectivity index (χ2v) is 4.21. The maximum atomic E-state index is 11.8. The second-order valence-electron chi connectivity index (χ2n) is 4.21. The molecule has 3 N–H and O–H groups in total. The van der Waals surface area contributed by atoms with Crippen LogP contribution in [-0.4, -0.2) is 34.8 Å². The lowest BCUT2D eigenvalue weighted by molar-refractivity contribution is -0.152. The molecule has 7 nitrogen and oxygen atoms in total. The maximum absolute atomic E-state index is 11.8. The largest absolute Gasteiger partial charge is 0.464 e. The zero-order valence-electron chi connectivity index (χ0n) is 11.2. The van der Waals surface area contributed by atoms with Gasteiger partial charge in [-0.1, -0.05) is 0 Å². The molecule has 0 saturated carbocycles. The fraction of sp³-hybridized carbons (Fsp3) is 0.545. The predicted octanol–water partition coefficient (Wildman–Crippen LogP) is 0.500. The number of hydrogen-bond donors (Lipinski definition) is 2. The van der Waals surface area contributed by atoms with E-state index in [1.54, 1.807) is 27.0 Å². The van der Waals surface area contributed by atoms with Gasteiger partial charge in [-0.05, 0) is 20.8 Å². The highest BCUT2D eigenvalue weighted by Crippen LogP contribution is 2.18. The number of ether oxygens (including phenoxy) is 1. The smallest absolute Gasteiger partial charge is 0.333 e. The first-order chi connectivity index (χ1) is 8.41. The van der Waals surface area contributed by atoms with Crippen LogP contribution in [0.15, 0.2) is 12.4 Å². The Bertz CT molecular complexity index is 445. The molecular formula is C11H19ClN4O3. The number of halogens is 1. The number of nitrogens with two attached hydrogens (primary N) is 1. The van der Waals surface area contributed by atoms with E-state index in [-0.39, 0.29) is 30.8 Å². The van der Waals surface area contributed by atoms with Crippen molar-refractivity contribution in [1.29, 1.82) is 0 Å². The van der Waals surface area contributed by atoms with Crippen LogP contribution in [0.4, 0.5) is 5.69 Å². The Hall–Kier alpha value is -1.60. The molecule has 8 heteroatoms. The van der Waals surface area contributed by atoms with Crippen molar-refractivity contribution in [2.75, 3.05) is 18.5 Å². The van der Waals surface area contributed by atoms with Gasteiger partial charge in [-0.3, -0.25) is 9.48 Å². The van der Waals surface area contributed by atoms with E-state index in [4.69, 9.17) is 10.5 Å². The third kappa shape index (κ3) is 4.22. The summed E-state index contributed by atoms with van der Waals surface area (Å²) in [6.45, 7) is 5.32. The Labute approximate surface area is 117 Å². The SMILES string of the molecule is CCOC(=O)C(C)(C)n1cc(NC(=O)CN)cn1.Cl. The number of esters is 1. The summed E-state index contributed by atoms with van der Waals surface area (Å²) in [6, 6.07) is 0. The molecule has 0 unspecified atom stereocenters. The van der Waals surface area contributed by atoms with Crippen LogP contribution in [0.25, 0.3) is 0 Å². The van der Waals surface area contributed by atoms with Gasteiger partial charge < -0.3 is 15.8 Å². The van der Waals surface area contributed by atoms with Crippen molar-refractivity contribution in [3.05, 3.63) is 12.4 Å². The molecule has 0 aliphatic carbocycles. The Morgan fingerprint density at radius 2 is 2.16 bits per heavy atom. The number of rotatable bonds is 5. The topological polar surface area (TPSA) is 99.2 Å². The van der Waals surface area contributed by atoms with Gasteiger partial charge in [-0.2, -0.15) is 5.10 Å². The molecule has 0 aliphatic heterocycles. The van der Waals surface area contributed by atoms with Gasteiger partial charge in [-0.15, -0.1) is 12.4 Å². The molecule has 0 atom stereocenters. The molecule has 0 spiro atoms.